The van der Waals surface area contributed by atoms with Gasteiger partial charge in [-0.2, -0.15) is 0 Å². The topological polar surface area (TPSA) is 91.4 Å². The molecule has 1 aromatic carbocycles. The normalized spacial score (nSPS) is 22.3. The summed E-state index contributed by atoms with van der Waals surface area (Å²) in [6.07, 6.45) is 1.40. The summed E-state index contributed by atoms with van der Waals surface area (Å²) in [6.45, 7) is 1.39. The average molecular weight is 378 g/mol. The number of nitrogens with one attached hydrogen (secondary N) is 2. The first kappa shape index (κ1) is 18.2. The predicted molar refractivity (Wildman–Crippen MR) is 103 cm³/mol. The number of carbonyl (C=O) groups excluding carboxylic acids is 3. The summed E-state index contributed by atoms with van der Waals surface area (Å²) < 4.78 is 0. The number of fused-ring (bicyclic) bond motifs is 1. The van der Waals surface area contributed by atoms with E-state index < -0.39 is 0 Å². The zero-order valence-electron chi connectivity index (χ0n) is 15.6. The molecule has 3 amide bonds. The highest BCUT2D eigenvalue weighted by Crippen LogP contribution is 2.45. The van der Waals surface area contributed by atoms with Crippen molar-refractivity contribution < 1.29 is 14.4 Å². The number of benzene rings is 1. The fourth-order valence-electron chi connectivity index (χ4n) is 3.95. The SMILES string of the molecule is CNC(=O)c1cc(C(=O)NC2C3CN(C=O)CC32)cc(Cc2ccccc2)n1. The minimum Gasteiger partial charge on any atom is -0.354 e. The lowest BCUT2D eigenvalue weighted by atomic mass is 10.1. The number of amides is 3. The van der Waals surface area contributed by atoms with Gasteiger partial charge in [-0.3, -0.25) is 14.4 Å². The number of rotatable bonds is 6. The van der Waals surface area contributed by atoms with Crippen LogP contribution in [0.1, 0.15) is 32.1 Å². The molecule has 2 heterocycles. The summed E-state index contributed by atoms with van der Waals surface area (Å²) in [4.78, 5) is 41.9. The molecule has 7 nitrogen and oxygen atoms in total. The van der Waals surface area contributed by atoms with E-state index in [9.17, 15) is 14.4 Å². The third-order valence-corrected chi connectivity index (χ3v) is 5.50. The number of aromatic nitrogens is 1. The van der Waals surface area contributed by atoms with Gasteiger partial charge in [0.25, 0.3) is 11.8 Å². The van der Waals surface area contributed by atoms with Crippen LogP contribution in [0.2, 0.25) is 0 Å². The molecular weight excluding hydrogens is 356 g/mol. The molecule has 0 bridgehead atoms. The van der Waals surface area contributed by atoms with Gasteiger partial charge in [0, 0.05) is 55.7 Å². The highest BCUT2D eigenvalue weighted by Gasteiger charge is 2.56. The molecule has 2 atom stereocenters. The molecule has 2 fully saturated rings. The van der Waals surface area contributed by atoms with Gasteiger partial charge < -0.3 is 15.5 Å². The van der Waals surface area contributed by atoms with E-state index in [0.29, 0.717) is 42.6 Å². The minimum absolute atomic E-state index is 0.0953. The Labute approximate surface area is 163 Å². The van der Waals surface area contributed by atoms with E-state index in [1.54, 1.807) is 11.0 Å². The van der Waals surface area contributed by atoms with Crippen LogP contribution in [0.25, 0.3) is 0 Å². The molecule has 1 aromatic heterocycles. The maximum atomic E-state index is 12.8. The van der Waals surface area contributed by atoms with Crippen LogP contribution in [0.3, 0.4) is 0 Å². The lowest BCUT2D eigenvalue weighted by Gasteiger charge is -2.15. The van der Waals surface area contributed by atoms with Gasteiger partial charge in [-0.15, -0.1) is 0 Å². The van der Waals surface area contributed by atoms with Gasteiger partial charge in [0.2, 0.25) is 6.41 Å². The maximum Gasteiger partial charge on any atom is 0.269 e. The number of hydrogen-bond acceptors (Lipinski definition) is 4. The van der Waals surface area contributed by atoms with Crippen LogP contribution in [0, 0.1) is 11.8 Å². The van der Waals surface area contributed by atoms with Crippen LogP contribution in [-0.2, 0) is 11.2 Å². The second kappa shape index (κ2) is 7.42. The summed E-state index contributed by atoms with van der Waals surface area (Å²) in [5.41, 5.74) is 2.38. The van der Waals surface area contributed by atoms with E-state index in [1.807, 2.05) is 30.3 Å². The molecule has 1 saturated heterocycles. The summed E-state index contributed by atoms with van der Waals surface area (Å²) in [5.74, 6) is 0.129. The number of piperidine rings is 1. The van der Waals surface area contributed by atoms with Crippen LogP contribution in [0.4, 0.5) is 0 Å². The summed E-state index contributed by atoms with van der Waals surface area (Å²) >= 11 is 0. The van der Waals surface area contributed by atoms with Crippen molar-refractivity contribution in [1.82, 2.24) is 20.5 Å². The van der Waals surface area contributed by atoms with Gasteiger partial charge >= 0.3 is 0 Å². The summed E-state index contributed by atoms with van der Waals surface area (Å²) in [6, 6.07) is 13.2. The van der Waals surface area contributed by atoms with Crippen molar-refractivity contribution in [2.75, 3.05) is 20.1 Å². The molecule has 28 heavy (non-hydrogen) atoms. The summed E-state index contributed by atoms with van der Waals surface area (Å²) in [7, 11) is 1.54. The van der Waals surface area contributed by atoms with Crippen molar-refractivity contribution in [2.24, 2.45) is 11.8 Å². The molecule has 2 unspecified atom stereocenters. The van der Waals surface area contributed by atoms with Gasteiger partial charge in [-0.05, 0) is 17.7 Å². The van der Waals surface area contributed by atoms with Crippen LogP contribution in [0.5, 0.6) is 0 Å². The highest BCUT2D eigenvalue weighted by atomic mass is 16.2. The molecule has 1 saturated carbocycles. The molecule has 4 rings (SSSR count). The van der Waals surface area contributed by atoms with Crippen LogP contribution in [-0.4, -0.2) is 54.3 Å². The molecule has 0 radical (unpaired) electrons. The fraction of sp³-hybridized carbons (Fsp3) is 0.333. The quantitative estimate of drug-likeness (QED) is 0.729. The Balaban J connectivity index is 1.52. The Morgan fingerprint density at radius 2 is 1.86 bits per heavy atom. The van der Waals surface area contributed by atoms with Crippen molar-refractivity contribution >= 4 is 18.2 Å². The highest BCUT2D eigenvalue weighted by molar-refractivity contribution is 5.99. The van der Waals surface area contributed by atoms with Crippen molar-refractivity contribution in [3.63, 3.8) is 0 Å². The first-order valence-corrected chi connectivity index (χ1v) is 9.36. The van der Waals surface area contributed by atoms with E-state index in [1.165, 1.54) is 13.1 Å². The molecule has 144 valence electrons. The third kappa shape index (κ3) is 3.60. The lowest BCUT2D eigenvalue weighted by molar-refractivity contribution is -0.117. The molecular formula is C21H22N4O3. The maximum absolute atomic E-state index is 12.8. The Morgan fingerprint density at radius 3 is 2.50 bits per heavy atom. The zero-order chi connectivity index (χ0) is 19.7. The van der Waals surface area contributed by atoms with Gasteiger partial charge in [-0.25, -0.2) is 4.98 Å². The van der Waals surface area contributed by atoms with Crippen LogP contribution in [0.15, 0.2) is 42.5 Å². The molecule has 7 heteroatoms. The van der Waals surface area contributed by atoms with Crippen molar-refractivity contribution in [1.29, 1.82) is 0 Å². The number of nitrogens with zero attached hydrogens (tertiary/aromatic N) is 2. The largest absolute Gasteiger partial charge is 0.354 e. The predicted octanol–water partition coefficient (Wildman–Crippen LogP) is 0.848. The smallest absolute Gasteiger partial charge is 0.269 e. The van der Waals surface area contributed by atoms with Crippen LogP contribution < -0.4 is 10.6 Å². The number of likely N-dealkylation sites (tertiary alicyclic amines) is 1. The number of pyridine rings is 1. The first-order valence-electron chi connectivity index (χ1n) is 9.36. The fourth-order valence-corrected chi connectivity index (χ4v) is 3.95. The van der Waals surface area contributed by atoms with Gasteiger partial charge in [-0.1, -0.05) is 30.3 Å². The average Bonchev–Trinajstić information content (AvgIpc) is 3.15. The Hall–Kier alpha value is -3.22. The van der Waals surface area contributed by atoms with Gasteiger partial charge in [0.15, 0.2) is 0 Å². The van der Waals surface area contributed by atoms with E-state index in [4.69, 9.17) is 0 Å². The van der Waals surface area contributed by atoms with Crippen molar-refractivity contribution in [3.8, 4) is 0 Å². The Kier molecular flexibility index (Phi) is 4.81. The van der Waals surface area contributed by atoms with Crippen molar-refractivity contribution in [2.45, 2.75) is 12.5 Å². The van der Waals surface area contributed by atoms with Gasteiger partial charge in [0.1, 0.15) is 5.69 Å². The van der Waals surface area contributed by atoms with E-state index >= 15 is 0 Å². The lowest BCUT2D eigenvalue weighted by Crippen LogP contribution is -2.34. The Morgan fingerprint density at radius 1 is 1.14 bits per heavy atom. The summed E-state index contributed by atoms with van der Waals surface area (Å²) in [5, 5.41) is 5.61. The third-order valence-electron chi connectivity index (χ3n) is 5.50. The second-order valence-corrected chi connectivity index (χ2v) is 7.36. The number of hydrogen-bond donors (Lipinski definition) is 2. The van der Waals surface area contributed by atoms with E-state index in [0.717, 1.165) is 12.0 Å². The molecule has 2 aliphatic rings. The van der Waals surface area contributed by atoms with E-state index in [2.05, 4.69) is 15.6 Å². The monoisotopic (exact) mass is 378 g/mol. The molecule has 0 spiro atoms. The minimum atomic E-state index is -0.325. The molecule has 2 aromatic rings. The number of carbonyl (C=O) groups is 3. The first-order chi connectivity index (χ1) is 13.6. The molecule has 2 N–H and O–H groups in total. The van der Waals surface area contributed by atoms with E-state index in [-0.39, 0.29) is 23.6 Å². The Bertz CT molecular complexity index is 903. The van der Waals surface area contributed by atoms with Crippen molar-refractivity contribution in [3.05, 3.63) is 65.0 Å². The zero-order valence-corrected chi connectivity index (χ0v) is 15.6. The standard InChI is InChI=1S/C21H22N4O3/c1-22-21(28)18-9-14(8-15(23-18)7-13-5-3-2-4-6-13)20(27)24-19-16-10-25(12-26)11-17(16)19/h2-6,8-9,12,16-17,19H,7,10-11H2,1H3,(H,22,28)(H,24,27). The second-order valence-electron chi connectivity index (χ2n) is 7.36. The molecule has 1 aliphatic carbocycles. The van der Waals surface area contributed by atoms with Gasteiger partial charge in [0.05, 0.1) is 0 Å². The molecule has 1 aliphatic heterocycles. The van der Waals surface area contributed by atoms with Crippen LogP contribution >= 0.6 is 0 Å².